The summed E-state index contributed by atoms with van der Waals surface area (Å²) >= 11 is 1.30. The molecule has 0 saturated carbocycles. The number of benzene rings is 1. The molecular weight excluding hydrogens is 241 g/mol. The predicted octanol–water partition coefficient (Wildman–Crippen LogP) is 1.52. The quantitative estimate of drug-likeness (QED) is 0.898. The first-order valence-electron chi connectivity index (χ1n) is 5.04. The Morgan fingerprint density at radius 2 is 2.24 bits per heavy atom. The second-order valence-electron chi connectivity index (χ2n) is 3.63. The molecular formula is C10H12FN5S. The van der Waals surface area contributed by atoms with E-state index >= 15 is 0 Å². The minimum atomic E-state index is -0.375. The van der Waals surface area contributed by atoms with E-state index in [1.54, 1.807) is 26.1 Å². The molecule has 0 unspecified atom stereocenters. The van der Waals surface area contributed by atoms with E-state index in [2.05, 4.69) is 15.5 Å². The van der Waals surface area contributed by atoms with Gasteiger partial charge in [-0.15, -0.1) is 5.10 Å². The molecule has 1 atom stereocenters. The number of aryl methyl sites for hydroxylation is 1. The van der Waals surface area contributed by atoms with Gasteiger partial charge < -0.3 is 5.73 Å². The van der Waals surface area contributed by atoms with Crippen LogP contribution in [0.3, 0.4) is 0 Å². The highest BCUT2D eigenvalue weighted by atomic mass is 32.2. The molecule has 0 amide bonds. The van der Waals surface area contributed by atoms with Crippen LogP contribution in [0, 0.1) is 5.82 Å². The van der Waals surface area contributed by atoms with Crippen molar-refractivity contribution in [3.8, 4) is 0 Å². The van der Waals surface area contributed by atoms with Crippen LogP contribution in [0.4, 0.5) is 4.39 Å². The molecule has 90 valence electrons. The van der Waals surface area contributed by atoms with Gasteiger partial charge in [-0.2, -0.15) is 0 Å². The first kappa shape index (κ1) is 12.0. The number of nitrogens with zero attached hydrogens (tertiary/aromatic N) is 4. The summed E-state index contributed by atoms with van der Waals surface area (Å²) in [5.41, 5.74) is 6.26. The molecule has 0 spiro atoms. The van der Waals surface area contributed by atoms with Crippen molar-refractivity contribution in [2.45, 2.75) is 23.0 Å². The highest BCUT2D eigenvalue weighted by Gasteiger charge is 2.15. The van der Waals surface area contributed by atoms with Gasteiger partial charge in [0.25, 0.3) is 0 Å². The van der Waals surface area contributed by atoms with Crippen LogP contribution in [0.1, 0.15) is 18.5 Å². The van der Waals surface area contributed by atoms with E-state index in [0.29, 0.717) is 10.7 Å². The van der Waals surface area contributed by atoms with Crippen LogP contribution in [0.15, 0.2) is 28.3 Å². The summed E-state index contributed by atoms with van der Waals surface area (Å²) in [5, 5.41) is 11.7. The van der Waals surface area contributed by atoms with Crippen molar-refractivity contribution in [3.63, 3.8) is 0 Å². The normalized spacial score (nSPS) is 12.7. The second-order valence-corrected chi connectivity index (χ2v) is 4.64. The standard InChI is InChI=1S/C10H12FN5S/c1-6(12)9-7(11)4-3-5-8(9)17-10-13-14-15-16(10)2/h3-6H,12H2,1-2H3/t6-/m0/s1. The van der Waals surface area contributed by atoms with Gasteiger partial charge in [-0.05, 0) is 41.2 Å². The monoisotopic (exact) mass is 253 g/mol. The summed E-state index contributed by atoms with van der Waals surface area (Å²) < 4.78 is 15.2. The lowest BCUT2D eigenvalue weighted by atomic mass is 10.1. The van der Waals surface area contributed by atoms with E-state index in [4.69, 9.17) is 5.73 Å². The molecule has 0 aliphatic carbocycles. The highest BCUT2D eigenvalue weighted by Crippen LogP contribution is 2.32. The van der Waals surface area contributed by atoms with Crippen molar-refractivity contribution in [3.05, 3.63) is 29.6 Å². The van der Waals surface area contributed by atoms with Crippen molar-refractivity contribution < 1.29 is 4.39 Å². The molecule has 0 bridgehead atoms. The Labute approximate surface area is 102 Å². The summed E-state index contributed by atoms with van der Waals surface area (Å²) in [6.07, 6.45) is 0. The van der Waals surface area contributed by atoms with E-state index in [1.165, 1.54) is 22.5 Å². The van der Waals surface area contributed by atoms with Gasteiger partial charge in [0, 0.05) is 23.5 Å². The molecule has 0 fully saturated rings. The molecule has 2 aromatic rings. The number of rotatable bonds is 3. The maximum absolute atomic E-state index is 13.7. The SMILES string of the molecule is C[C@H](N)c1c(F)cccc1Sc1nnnn1C. The molecule has 0 radical (unpaired) electrons. The fourth-order valence-corrected chi connectivity index (χ4v) is 2.44. The van der Waals surface area contributed by atoms with Gasteiger partial charge in [0.15, 0.2) is 0 Å². The Morgan fingerprint density at radius 3 is 2.82 bits per heavy atom. The third-order valence-corrected chi connectivity index (χ3v) is 3.36. The van der Waals surface area contributed by atoms with E-state index in [-0.39, 0.29) is 11.9 Å². The van der Waals surface area contributed by atoms with Crippen LogP contribution < -0.4 is 5.73 Å². The van der Waals surface area contributed by atoms with Gasteiger partial charge in [0.1, 0.15) is 5.82 Å². The highest BCUT2D eigenvalue weighted by molar-refractivity contribution is 7.99. The second kappa shape index (κ2) is 4.80. The zero-order valence-electron chi connectivity index (χ0n) is 9.46. The Kier molecular flexibility index (Phi) is 3.39. The molecule has 2 N–H and O–H groups in total. The van der Waals surface area contributed by atoms with Crippen molar-refractivity contribution >= 4 is 11.8 Å². The number of tetrazole rings is 1. The molecule has 1 heterocycles. The van der Waals surface area contributed by atoms with Gasteiger partial charge in [-0.3, -0.25) is 0 Å². The Morgan fingerprint density at radius 1 is 1.47 bits per heavy atom. The Hall–Kier alpha value is -1.47. The number of hydrogen-bond donors (Lipinski definition) is 1. The van der Waals surface area contributed by atoms with Crippen molar-refractivity contribution in [1.82, 2.24) is 20.2 Å². The molecule has 5 nitrogen and oxygen atoms in total. The van der Waals surface area contributed by atoms with Gasteiger partial charge >= 0.3 is 0 Å². The molecule has 0 aliphatic heterocycles. The van der Waals surface area contributed by atoms with Crippen LogP contribution in [0.25, 0.3) is 0 Å². The first-order chi connectivity index (χ1) is 8.09. The average Bonchev–Trinajstić information content (AvgIpc) is 2.64. The lowest BCUT2D eigenvalue weighted by molar-refractivity contribution is 0.585. The smallest absolute Gasteiger partial charge is 0.213 e. The van der Waals surface area contributed by atoms with Crippen LogP contribution in [0.2, 0.25) is 0 Å². The zero-order chi connectivity index (χ0) is 12.4. The van der Waals surface area contributed by atoms with Crippen LogP contribution in [-0.2, 0) is 7.05 Å². The summed E-state index contributed by atoms with van der Waals surface area (Å²) in [4.78, 5) is 0.734. The number of halogens is 1. The predicted molar refractivity (Wildman–Crippen MR) is 61.9 cm³/mol. The molecule has 2 rings (SSSR count). The van der Waals surface area contributed by atoms with Gasteiger partial charge in [-0.1, -0.05) is 6.07 Å². The minimum Gasteiger partial charge on any atom is -0.324 e. The topological polar surface area (TPSA) is 69.6 Å². The maximum Gasteiger partial charge on any atom is 0.213 e. The van der Waals surface area contributed by atoms with Crippen molar-refractivity contribution in [2.24, 2.45) is 12.8 Å². The maximum atomic E-state index is 13.7. The first-order valence-corrected chi connectivity index (χ1v) is 5.85. The lowest BCUT2D eigenvalue weighted by Crippen LogP contribution is -2.09. The largest absolute Gasteiger partial charge is 0.324 e. The summed E-state index contributed by atoms with van der Waals surface area (Å²) in [5.74, 6) is -0.305. The summed E-state index contributed by atoms with van der Waals surface area (Å²) in [7, 11) is 1.73. The van der Waals surface area contributed by atoms with Crippen LogP contribution in [-0.4, -0.2) is 20.2 Å². The Balaban J connectivity index is 2.39. The van der Waals surface area contributed by atoms with E-state index in [9.17, 15) is 4.39 Å². The summed E-state index contributed by atoms with van der Waals surface area (Å²) in [6, 6.07) is 4.48. The molecule has 1 aromatic carbocycles. The van der Waals surface area contributed by atoms with Crippen LogP contribution >= 0.6 is 11.8 Å². The van der Waals surface area contributed by atoms with Gasteiger partial charge in [0.2, 0.25) is 5.16 Å². The molecule has 0 saturated heterocycles. The van der Waals surface area contributed by atoms with Crippen molar-refractivity contribution in [2.75, 3.05) is 0 Å². The third-order valence-electron chi connectivity index (χ3n) is 2.25. The number of nitrogens with two attached hydrogens (primary N) is 1. The van der Waals surface area contributed by atoms with Crippen LogP contribution in [0.5, 0.6) is 0 Å². The fraction of sp³-hybridized carbons (Fsp3) is 0.300. The molecule has 7 heteroatoms. The molecule has 0 aliphatic rings. The molecule has 1 aromatic heterocycles. The number of aromatic nitrogens is 4. The van der Waals surface area contributed by atoms with E-state index in [1.807, 2.05) is 0 Å². The number of hydrogen-bond acceptors (Lipinski definition) is 5. The van der Waals surface area contributed by atoms with E-state index in [0.717, 1.165) is 4.90 Å². The zero-order valence-corrected chi connectivity index (χ0v) is 10.3. The minimum absolute atomic E-state index is 0.305. The van der Waals surface area contributed by atoms with Gasteiger partial charge in [-0.25, -0.2) is 9.07 Å². The fourth-order valence-electron chi connectivity index (χ4n) is 1.45. The van der Waals surface area contributed by atoms with Gasteiger partial charge in [0.05, 0.1) is 0 Å². The van der Waals surface area contributed by atoms with E-state index < -0.39 is 0 Å². The third kappa shape index (κ3) is 2.45. The lowest BCUT2D eigenvalue weighted by Gasteiger charge is -2.12. The summed E-state index contributed by atoms with van der Waals surface area (Å²) in [6.45, 7) is 1.75. The molecule has 17 heavy (non-hydrogen) atoms. The average molecular weight is 253 g/mol. The Bertz CT molecular complexity index is 525. The van der Waals surface area contributed by atoms with Crippen molar-refractivity contribution in [1.29, 1.82) is 0 Å².